The minimum Gasteiger partial charge on any atom is -0.462 e. The maximum absolute atomic E-state index is 14.0. The topological polar surface area (TPSA) is 68.2 Å². The predicted molar refractivity (Wildman–Crippen MR) is 134 cm³/mol. The lowest BCUT2D eigenvalue weighted by atomic mass is 9.96. The number of fused-ring (bicyclic) bond motifs is 1. The van der Waals surface area contributed by atoms with Crippen LogP contribution >= 0.6 is 23.6 Å². The predicted octanol–water partition coefficient (Wildman–Crippen LogP) is 6.19. The van der Waals surface area contributed by atoms with E-state index < -0.39 is 41.3 Å². The van der Waals surface area contributed by atoms with Crippen LogP contribution in [0.25, 0.3) is 0 Å². The summed E-state index contributed by atoms with van der Waals surface area (Å²) in [6.07, 6.45) is 7.35. The van der Waals surface area contributed by atoms with Gasteiger partial charge in [-0.3, -0.25) is 4.68 Å². The Kier molecular flexibility index (Phi) is 8.24. The van der Waals surface area contributed by atoms with Crippen molar-refractivity contribution in [1.82, 2.24) is 9.78 Å². The second kappa shape index (κ2) is 11.4. The first kappa shape index (κ1) is 26.1. The molecule has 6 nitrogen and oxygen atoms in total. The number of rotatable bonds is 6. The van der Waals surface area contributed by atoms with Gasteiger partial charge >= 0.3 is 5.97 Å². The third-order valence-corrected chi connectivity index (χ3v) is 7.19. The lowest BCUT2D eigenvalue weighted by molar-refractivity contribution is 0.0526. The van der Waals surface area contributed by atoms with Crippen LogP contribution in [0, 0.1) is 23.3 Å². The molecule has 12 heteroatoms. The summed E-state index contributed by atoms with van der Waals surface area (Å²) in [5, 5.41) is 10.8. The van der Waals surface area contributed by atoms with Gasteiger partial charge in [0.15, 0.2) is 34.2 Å². The van der Waals surface area contributed by atoms with Crippen LogP contribution < -0.4 is 10.6 Å². The van der Waals surface area contributed by atoms with Crippen molar-refractivity contribution >= 4 is 45.5 Å². The number of aromatic nitrogens is 2. The highest BCUT2D eigenvalue weighted by Gasteiger charge is 2.26. The van der Waals surface area contributed by atoms with Gasteiger partial charge in [0.2, 0.25) is 0 Å². The minimum absolute atomic E-state index is 0.147. The lowest BCUT2D eigenvalue weighted by Crippen LogP contribution is -2.21. The van der Waals surface area contributed by atoms with Crippen molar-refractivity contribution in [2.45, 2.75) is 52.0 Å². The Morgan fingerprint density at radius 3 is 2.50 bits per heavy atom. The number of esters is 1. The number of nitrogens with one attached hydrogen (secondary N) is 2. The van der Waals surface area contributed by atoms with Crippen LogP contribution in [-0.2, 0) is 24.1 Å². The van der Waals surface area contributed by atoms with Crippen molar-refractivity contribution in [1.29, 1.82) is 0 Å². The number of nitrogens with zero attached hydrogens (tertiary/aromatic N) is 2. The summed E-state index contributed by atoms with van der Waals surface area (Å²) in [5.41, 5.74) is 0.713. The molecule has 0 atom stereocenters. The first-order chi connectivity index (χ1) is 17.3. The third kappa shape index (κ3) is 5.70. The number of thiophene rings is 1. The van der Waals surface area contributed by atoms with Crippen LogP contribution in [-0.4, -0.2) is 27.5 Å². The summed E-state index contributed by atoms with van der Waals surface area (Å²) in [4.78, 5) is 13.9. The average molecular weight is 541 g/mol. The second-order valence-corrected chi connectivity index (χ2v) is 9.78. The number of anilines is 2. The summed E-state index contributed by atoms with van der Waals surface area (Å²) in [7, 11) is 0. The molecule has 4 rings (SSSR count). The molecular formula is C24H24F4N4O2S2. The molecule has 36 heavy (non-hydrogen) atoms. The molecule has 0 bridgehead atoms. The Hall–Kier alpha value is -2.99. The first-order valence-electron chi connectivity index (χ1n) is 11.5. The molecule has 0 unspecified atom stereocenters. The SMILES string of the molecule is CCOC(=O)c1c(NC(=S)Nc2ccn(Cc3c(F)c(F)cc(F)c3F)n2)sc2c1CCCCCC2. The number of hydrogen-bond acceptors (Lipinski definition) is 5. The van der Waals surface area contributed by atoms with E-state index in [1.807, 2.05) is 0 Å². The number of aryl methyl sites for hydroxylation is 1. The number of benzene rings is 1. The van der Waals surface area contributed by atoms with Gasteiger partial charge in [0.05, 0.1) is 24.3 Å². The Labute approximate surface area is 214 Å². The van der Waals surface area contributed by atoms with Gasteiger partial charge in [0, 0.05) is 23.2 Å². The van der Waals surface area contributed by atoms with E-state index in [2.05, 4.69) is 15.7 Å². The summed E-state index contributed by atoms with van der Waals surface area (Å²) in [6, 6.07) is 1.64. The van der Waals surface area contributed by atoms with Crippen molar-refractivity contribution in [3.8, 4) is 0 Å². The molecule has 0 fully saturated rings. The van der Waals surface area contributed by atoms with E-state index in [9.17, 15) is 22.4 Å². The normalized spacial score (nSPS) is 13.5. The van der Waals surface area contributed by atoms with Gasteiger partial charge in [-0.25, -0.2) is 22.4 Å². The van der Waals surface area contributed by atoms with Gasteiger partial charge in [0.1, 0.15) is 5.00 Å². The molecule has 0 saturated carbocycles. The fourth-order valence-electron chi connectivity index (χ4n) is 4.12. The molecule has 2 heterocycles. The van der Waals surface area contributed by atoms with Gasteiger partial charge in [-0.1, -0.05) is 12.8 Å². The maximum Gasteiger partial charge on any atom is 0.341 e. The first-order valence-corrected chi connectivity index (χ1v) is 12.8. The van der Waals surface area contributed by atoms with E-state index in [0.29, 0.717) is 10.6 Å². The molecule has 3 aromatic rings. The molecule has 1 aliphatic carbocycles. The van der Waals surface area contributed by atoms with E-state index in [4.69, 9.17) is 17.0 Å². The van der Waals surface area contributed by atoms with E-state index in [0.717, 1.165) is 53.6 Å². The highest BCUT2D eigenvalue weighted by Crippen LogP contribution is 2.37. The molecule has 0 spiro atoms. The van der Waals surface area contributed by atoms with Gasteiger partial charge in [0.25, 0.3) is 0 Å². The molecule has 1 aromatic carbocycles. The van der Waals surface area contributed by atoms with Crippen LogP contribution in [0.3, 0.4) is 0 Å². The zero-order valence-electron chi connectivity index (χ0n) is 19.4. The third-order valence-electron chi connectivity index (χ3n) is 5.78. The van der Waals surface area contributed by atoms with Gasteiger partial charge in [-0.15, -0.1) is 11.3 Å². The fourth-order valence-corrected chi connectivity index (χ4v) is 5.67. The summed E-state index contributed by atoms with van der Waals surface area (Å²) in [6.45, 7) is 1.47. The molecule has 0 amide bonds. The number of carbonyl (C=O) groups excluding carboxylic acids is 1. The van der Waals surface area contributed by atoms with Crippen LogP contribution in [0.5, 0.6) is 0 Å². The van der Waals surface area contributed by atoms with E-state index in [-0.39, 0.29) is 23.6 Å². The average Bonchev–Trinajstić information content (AvgIpc) is 3.39. The molecule has 0 radical (unpaired) electrons. The Bertz CT molecular complexity index is 1270. The van der Waals surface area contributed by atoms with Crippen molar-refractivity contribution in [3.05, 3.63) is 63.2 Å². The fraction of sp³-hybridized carbons (Fsp3) is 0.375. The maximum atomic E-state index is 14.0. The van der Waals surface area contributed by atoms with E-state index in [1.54, 1.807) is 6.92 Å². The lowest BCUT2D eigenvalue weighted by Gasteiger charge is -2.12. The van der Waals surface area contributed by atoms with Gasteiger partial charge < -0.3 is 15.4 Å². The molecule has 0 saturated heterocycles. The smallest absolute Gasteiger partial charge is 0.341 e. The van der Waals surface area contributed by atoms with Crippen molar-refractivity contribution < 1.29 is 27.1 Å². The second-order valence-electron chi connectivity index (χ2n) is 8.27. The summed E-state index contributed by atoms with van der Waals surface area (Å²) >= 11 is 6.87. The molecule has 1 aliphatic rings. The highest BCUT2D eigenvalue weighted by molar-refractivity contribution is 7.80. The number of ether oxygens (including phenoxy) is 1. The monoisotopic (exact) mass is 540 g/mol. The molecule has 2 aromatic heterocycles. The van der Waals surface area contributed by atoms with Gasteiger partial charge in [-0.05, 0) is 50.4 Å². The van der Waals surface area contributed by atoms with E-state index >= 15 is 0 Å². The highest BCUT2D eigenvalue weighted by atomic mass is 32.1. The van der Waals surface area contributed by atoms with Crippen LogP contribution in [0.2, 0.25) is 0 Å². The molecular weight excluding hydrogens is 516 g/mol. The Balaban J connectivity index is 1.50. The molecule has 2 N–H and O–H groups in total. The van der Waals surface area contributed by atoms with Crippen LogP contribution in [0.1, 0.15) is 59.0 Å². The molecule has 192 valence electrons. The Morgan fingerprint density at radius 1 is 1.11 bits per heavy atom. The van der Waals surface area contributed by atoms with Crippen LogP contribution in [0.15, 0.2) is 18.3 Å². The Morgan fingerprint density at radius 2 is 1.81 bits per heavy atom. The number of thiocarbonyl (C=S) groups is 1. The zero-order chi connectivity index (χ0) is 25.8. The van der Waals surface area contributed by atoms with Crippen molar-refractivity contribution in [2.24, 2.45) is 0 Å². The zero-order valence-corrected chi connectivity index (χ0v) is 21.1. The van der Waals surface area contributed by atoms with Crippen molar-refractivity contribution in [3.63, 3.8) is 0 Å². The summed E-state index contributed by atoms with van der Waals surface area (Å²) < 4.78 is 61.4. The van der Waals surface area contributed by atoms with Crippen molar-refractivity contribution in [2.75, 3.05) is 17.2 Å². The summed E-state index contributed by atoms with van der Waals surface area (Å²) in [5.74, 6) is -6.09. The number of carbonyl (C=O) groups is 1. The van der Waals surface area contributed by atoms with Gasteiger partial charge in [-0.2, -0.15) is 5.10 Å². The minimum atomic E-state index is -1.48. The quantitative estimate of drug-likeness (QED) is 0.168. The molecule has 0 aliphatic heterocycles. The number of hydrogen-bond donors (Lipinski definition) is 2. The number of halogens is 4. The van der Waals surface area contributed by atoms with Crippen LogP contribution in [0.4, 0.5) is 28.4 Å². The van der Waals surface area contributed by atoms with E-state index in [1.165, 1.54) is 23.6 Å². The largest absolute Gasteiger partial charge is 0.462 e. The standard InChI is InChI=1S/C24H24F4N4O2S2/c1-2-34-23(33)19-13-7-5-3-4-6-8-17(13)36-22(19)30-24(35)29-18-9-10-32(31-18)12-14-20(27)15(25)11-16(26)21(14)28/h9-11H,2-8,12H2,1H3,(H2,29,30,31,35).